The molecule has 2 rings (SSSR count). The maximum Gasteiger partial charge on any atom is 0.250 e. The van der Waals surface area contributed by atoms with Crippen molar-refractivity contribution < 1.29 is 8.81 Å². The first kappa shape index (κ1) is 8.37. The van der Waals surface area contributed by atoms with Crippen molar-refractivity contribution in [1.29, 1.82) is 0 Å². The molecule has 0 atom stereocenters. The summed E-state index contributed by atoms with van der Waals surface area (Å²) in [6, 6.07) is 4.53. The fraction of sp³-hybridized carbons (Fsp3) is 0. The SMILES string of the molecule is Fc1ccc(Br)cc1-c1nnco1. The molecule has 0 amide bonds. The van der Waals surface area contributed by atoms with Crippen LogP contribution in [0, 0.1) is 5.82 Å². The van der Waals surface area contributed by atoms with E-state index in [4.69, 9.17) is 4.42 Å². The van der Waals surface area contributed by atoms with Crippen molar-refractivity contribution in [2.75, 3.05) is 0 Å². The minimum Gasteiger partial charge on any atom is -0.423 e. The maximum atomic E-state index is 13.2. The van der Waals surface area contributed by atoms with Gasteiger partial charge in [0.25, 0.3) is 0 Å². The number of benzene rings is 1. The molecule has 0 aliphatic rings. The van der Waals surface area contributed by atoms with Crippen LogP contribution in [0.1, 0.15) is 0 Å². The Kier molecular flexibility index (Phi) is 2.10. The van der Waals surface area contributed by atoms with Gasteiger partial charge in [-0.25, -0.2) is 4.39 Å². The van der Waals surface area contributed by atoms with Gasteiger partial charge in [0, 0.05) is 4.47 Å². The van der Waals surface area contributed by atoms with Crippen molar-refractivity contribution in [2.45, 2.75) is 0 Å². The van der Waals surface area contributed by atoms with Gasteiger partial charge >= 0.3 is 0 Å². The van der Waals surface area contributed by atoms with Crippen LogP contribution in [0.2, 0.25) is 0 Å². The van der Waals surface area contributed by atoms with Gasteiger partial charge in [0.15, 0.2) is 0 Å². The monoisotopic (exact) mass is 242 g/mol. The highest BCUT2D eigenvalue weighted by Crippen LogP contribution is 2.23. The summed E-state index contributed by atoms with van der Waals surface area (Å²) >= 11 is 3.23. The lowest BCUT2D eigenvalue weighted by molar-refractivity contribution is 0.557. The van der Waals surface area contributed by atoms with E-state index in [0.717, 1.165) is 10.9 Å². The molecule has 2 aromatic rings. The second kappa shape index (κ2) is 3.26. The molecule has 0 spiro atoms. The van der Waals surface area contributed by atoms with Crippen LogP contribution in [-0.2, 0) is 0 Å². The number of hydrogen-bond acceptors (Lipinski definition) is 3. The van der Waals surface area contributed by atoms with E-state index in [1.165, 1.54) is 6.07 Å². The zero-order valence-corrected chi connectivity index (χ0v) is 7.95. The predicted molar refractivity (Wildman–Crippen MR) is 47.4 cm³/mol. The molecular formula is C8H4BrFN2O. The largest absolute Gasteiger partial charge is 0.423 e. The highest BCUT2D eigenvalue weighted by Gasteiger charge is 2.09. The van der Waals surface area contributed by atoms with Gasteiger partial charge in [-0.05, 0) is 18.2 Å². The zero-order chi connectivity index (χ0) is 9.26. The van der Waals surface area contributed by atoms with Crippen molar-refractivity contribution in [3.8, 4) is 11.5 Å². The lowest BCUT2D eigenvalue weighted by Gasteiger charge is -1.97. The van der Waals surface area contributed by atoms with E-state index >= 15 is 0 Å². The summed E-state index contributed by atoms with van der Waals surface area (Å²) in [7, 11) is 0. The third-order valence-corrected chi connectivity index (χ3v) is 2.01. The number of aromatic nitrogens is 2. The van der Waals surface area contributed by atoms with E-state index in [9.17, 15) is 4.39 Å². The first-order chi connectivity index (χ1) is 6.27. The molecule has 0 aliphatic carbocycles. The summed E-state index contributed by atoms with van der Waals surface area (Å²) in [5.41, 5.74) is 0.298. The Morgan fingerprint density at radius 2 is 2.23 bits per heavy atom. The molecule has 0 bridgehead atoms. The topological polar surface area (TPSA) is 38.9 Å². The minimum absolute atomic E-state index is 0.179. The predicted octanol–water partition coefficient (Wildman–Crippen LogP) is 2.64. The van der Waals surface area contributed by atoms with Crippen molar-refractivity contribution in [3.63, 3.8) is 0 Å². The first-order valence-electron chi connectivity index (χ1n) is 3.49. The normalized spacial score (nSPS) is 10.3. The standard InChI is InChI=1S/C8H4BrFN2O/c9-5-1-2-7(10)6(3-5)8-12-11-4-13-8/h1-4H. The Morgan fingerprint density at radius 3 is 2.92 bits per heavy atom. The van der Waals surface area contributed by atoms with Gasteiger partial charge in [-0.3, -0.25) is 0 Å². The minimum atomic E-state index is -0.382. The highest BCUT2D eigenvalue weighted by atomic mass is 79.9. The van der Waals surface area contributed by atoms with Gasteiger partial charge in [-0.1, -0.05) is 15.9 Å². The van der Waals surface area contributed by atoms with Crippen LogP contribution in [0.3, 0.4) is 0 Å². The maximum absolute atomic E-state index is 13.2. The Hall–Kier alpha value is -1.23. The van der Waals surface area contributed by atoms with Crippen molar-refractivity contribution in [1.82, 2.24) is 10.2 Å². The van der Waals surface area contributed by atoms with Crippen LogP contribution in [-0.4, -0.2) is 10.2 Å². The molecule has 0 fully saturated rings. The van der Waals surface area contributed by atoms with Gasteiger partial charge in [-0.2, -0.15) is 0 Å². The van der Waals surface area contributed by atoms with E-state index in [2.05, 4.69) is 26.1 Å². The van der Waals surface area contributed by atoms with E-state index in [1.54, 1.807) is 12.1 Å². The molecule has 1 aromatic carbocycles. The molecule has 0 unspecified atom stereocenters. The Bertz CT molecular complexity index is 416. The van der Waals surface area contributed by atoms with Crippen LogP contribution >= 0.6 is 15.9 Å². The molecular weight excluding hydrogens is 239 g/mol. The van der Waals surface area contributed by atoms with Gasteiger partial charge in [-0.15, -0.1) is 10.2 Å². The van der Waals surface area contributed by atoms with Gasteiger partial charge < -0.3 is 4.42 Å². The number of hydrogen-bond donors (Lipinski definition) is 0. The van der Waals surface area contributed by atoms with E-state index in [1.807, 2.05) is 0 Å². The molecule has 0 radical (unpaired) electrons. The van der Waals surface area contributed by atoms with Crippen molar-refractivity contribution in [2.24, 2.45) is 0 Å². The molecule has 0 N–H and O–H groups in total. The smallest absolute Gasteiger partial charge is 0.250 e. The molecule has 3 nitrogen and oxygen atoms in total. The van der Waals surface area contributed by atoms with Crippen LogP contribution in [0.15, 0.2) is 33.5 Å². The third-order valence-electron chi connectivity index (χ3n) is 1.52. The average Bonchev–Trinajstić information content (AvgIpc) is 2.61. The Balaban J connectivity index is 2.57. The van der Waals surface area contributed by atoms with Crippen molar-refractivity contribution in [3.05, 3.63) is 34.9 Å². The highest BCUT2D eigenvalue weighted by molar-refractivity contribution is 9.10. The molecule has 66 valence electrons. The quantitative estimate of drug-likeness (QED) is 0.772. The summed E-state index contributed by atoms with van der Waals surface area (Å²) in [4.78, 5) is 0. The summed E-state index contributed by atoms with van der Waals surface area (Å²) in [5.74, 6) is -0.203. The number of nitrogens with zero attached hydrogens (tertiary/aromatic N) is 2. The summed E-state index contributed by atoms with van der Waals surface area (Å²) in [6.07, 6.45) is 1.16. The van der Waals surface area contributed by atoms with Crippen LogP contribution in [0.4, 0.5) is 4.39 Å². The van der Waals surface area contributed by atoms with Gasteiger partial charge in [0.05, 0.1) is 5.56 Å². The first-order valence-corrected chi connectivity index (χ1v) is 4.28. The van der Waals surface area contributed by atoms with E-state index < -0.39 is 0 Å². The van der Waals surface area contributed by atoms with Crippen molar-refractivity contribution >= 4 is 15.9 Å². The van der Waals surface area contributed by atoms with Crippen LogP contribution in [0.5, 0.6) is 0 Å². The molecule has 1 heterocycles. The Labute approximate surface area is 81.7 Å². The van der Waals surface area contributed by atoms with Crippen LogP contribution < -0.4 is 0 Å². The van der Waals surface area contributed by atoms with Gasteiger partial charge in [0.1, 0.15) is 5.82 Å². The second-order valence-electron chi connectivity index (χ2n) is 2.37. The zero-order valence-electron chi connectivity index (χ0n) is 6.37. The number of halogens is 2. The average molecular weight is 243 g/mol. The third kappa shape index (κ3) is 1.60. The molecule has 1 aromatic heterocycles. The molecule has 0 saturated heterocycles. The lowest BCUT2D eigenvalue weighted by Crippen LogP contribution is -1.84. The molecule has 5 heteroatoms. The summed E-state index contributed by atoms with van der Waals surface area (Å²) in [6.45, 7) is 0. The van der Waals surface area contributed by atoms with E-state index in [-0.39, 0.29) is 11.7 Å². The summed E-state index contributed by atoms with van der Waals surface area (Å²) < 4.78 is 18.8. The fourth-order valence-corrected chi connectivity index (χ4v) is 1.31. The Morgan fingerprint density at radius 1 is 1.38 bits per heavy atom. The van der Waals surface area contributed by atoms with Gasteiger partial charge in [0.2, 0.25) is 12.3 Å². The summed E-state index contributed by atoms with van der Waals surface area (Å²) in [5, 5.41) is 7.08. The van der Waals surface area contributed by atoms with E-state index in [0.29, 0.717) is 5.56 Å². The lowest BCUT2D eigenvalue weighted by atomic mass is 10.2. The number of rotatable bonds is 1. The second-order valence-corrected chi connectivity index (χ2v) is 3.28. The molecule has 0 saturated carbocycles. The molecule has 13 heavy (non-hydrogen) atoms. The van der Waals surface area contributed by atoms with Crippen LogP contribution in [0.25, 0.3) is 11.5 Å². The molecule has 0 aliphatic heterocycles. The fourth-order valence-electron chi connectivity index (χ4n) is 0.952.